The molecule has 1 unspecified atom stereocenters. The van der Waals surface area contributed by atoms with Gasteiger partial charge in [-0.25, -0.2) is 9.18 Å². The van der Waals surface area contributed by atoms with Crippen LogP contribution >= 0.6 is 0 Å². The van der Waals surface area contributed by atoms with E-state index in [1.54, 1.807) is 30.2 Å². The number of methoxy groups -OCH3 is 1. The third kappa shape index (κ3) is 4.05. The summed E-state index contributed by atoms with van der Waals surface area (Å²) < 4.78 is 19.0. The van der Waals surface area contributed by atoms with E-state index < -0.39 is 0 Å². The minimum atomic E-state index is -0.282. The minimum Gasteiger partial charge on any atom is -0.383 e. The van der Waals surface area contributed by atoms with Gasteiger partial charge in [0.1, 0.15) is 5.82 Å². The number of benzene rings is 1. The smallest absolute Gasteiger partial charge is 0.318 e. The standard InChI is InChI=1S/C18H26FN3O2/c1-24-11-10-22(12-15-4-2-3-5-16(15)19)18(23)20-17-13-21-8-6-14(17)7-9-21/h2-5,14,17H,6-13H2,1H3,(H,20,23). The molecular weight excluding hydrogens is 309 g/mol. The lowest BCUT2D eigenvalue weighted by Crippen LogP contribution is -2.59. The van der Waals surface area contributed by atoms with Crippen LogP contribution in [0.5, 0.6) is 0 Å². The number of carbonyl (C=O) groups is 1. The molecule has 0 radical (unpaired) electrons. The Morgan fingerprint density at radius 3 is 2.75 bits per heavy atom. The third-order valence-electron chi connectivity index (χ3n) is 5.14. The summed E-state index contributed by atoms with van der Waals surface area (Å²) >= 11 is 0. The molecule has 5 nitrogen and oxygen atoms in total. The molecule has 3 fully saturated rings. The number of nitrogens with one attached hydrogen (secondary N) is 1. The van der Waals surface area contributed by atoms with E-state index in [1.807, 2.05) is 0 Å². The zero-order chi connectivity index (χ0) is 16.9. The largest absolute Gasteiger partial charge is 0.383 e. The Morgan fingerprint density at radius 2 is 2.12 bits per heavy atom. The maximum Gasteiger partial charge on any atom is 0.318 e. The maximum atomic E-state index is 13.9. The number of hydrogen-bond donors (Lipinski definition) is 1. The molecule has 3 aliphatic rings. The maximum absolute atomic E-state index is 13.9. The molecule has 3 saturated heterocycles. The second-order valence-corrected chi connectivity index (χ2v) is 6.70. The number of rotatable bonds is 6. The van der Waals surface area contributed by atoms with E-state index in [-0.39, 0.29) is 24.4 Å². The molecule has 0 saturated carbocycles. The van der Waals surface area contributed by atoms with Gasteiger partial charge in [-0.2, -0.15) is 0 Å². The highest BCUT2D eigenvalue weighted by atomic mass is 19.1. The number of amides is 2. The Balaban J connectivity index is 1.64. The molecule has 1 aromatic carbocycles. The van der Waals surface area contributed by atoms with Crippen molar-refractivity contribution in [3.05, 3.63) is 35.6 Å². The summed E-state index contributed by atoms with van der Waals surface area (Å²) in [6, 6.07) is 6.66. The van der Waals surface area contributed by atoms with Crippen LogP contribution in [0, 0.1) is 11.7 Å². The topological polar surface area (TPSA) is 44.8 Å². The van der Waals surface area contributed by atoms with Gasteiger partial charge in [0.2, 0.25) is 0 Å². The van der Waals surface area contributed by atoms with Crippen molar-refractivity contribution in [2.24, 2.45) is 5.92 Å². The minimum absolute atomic E-state index is 0.131. The monoisotopic (exact) mass is 335 g/mol. The third-order valence-corrected chi connectivity index (χ3v) is 5.14. The summed E-state index contributed by atoms with van der Waals surface area (Å²) in [5.41, 5.74) is 0.526. The van der Waals surface area contributed by atoms with Gasteiger partial charge in [-0.1, -0.05) is 18.2 Å². The normalized spacial score (nSPS) is 25.5. The van der Waals surface area contributed by atoms with Gasteiger partial charge in [0.25, 0.3) is 0 Å². The van der Waals surface area contributed by atoms with E-state index >= 15 is 0 Å². The lowest BCUT2D eigenvalue weighted by atomic mass is 9.84. The summed E-state index contributed by atoms with van der Waals surface area (Å²) in [6.45, 7) is 4.33. The molecule has 0 aliphatic carbocycles. The van der Waals surface area contributed by atoms with Crippen molar-refractivity contribution in [2.45, 2.75) is 25.4 Å². The Morgan fingerprint density at radius 1 is 1.38 bits per heavy atom. The molecule has 0 spiro atoms. The highest BCUT2D eigenvalue weighted by Gasteiger charge is 2.35. The van der Waals surface area contributed by atoms with Gasteiger partial charge in [0.05, 0.1) is 13.2 Å². The zero-order valence-corrected chi connectivity index (χ0v) is 14.2. The molecule has 1 atom stereocenters. The second kappa shape index (κ2) is 7.94. The molecular formula is C18H26FN3O2. The first-order valence-electron chi connectivity index (χ1n) is 8.67. The van der Waals surface area contributed by atoms with Crippen LogP contribution in [0.2, 0.25) is 0 Å². The first-order valence-corrected chi connectivity index (χ1v) is 8.67. The van der Waals surface area contributed by atoms with E-state index in [1.165, 1.54) is 6.07 Å². The molecule has 132 valence electrons. The van der Waals surface area contributed by atoms with Crippen LogP contribution in [0.15, 0.2) is 24.3 Å². The van der Waals surface area contributed by atoms with Crippen LogP contribution in [-0.4, -0.2) is 61.8 Å². The van der Waals surface area contributed by atoms with Gasteiger partial charge in [-0.05, 0) is 37.9 Å². The van der Waals surface area contributed by atoms with Crippen molar-refractivity contribution in [1.82, 2.24) is 15.1 Å². The molecule has 2 amide bonds. The van der Waals surface area contributed by atoms with Gasteiger partial charge >= 0.3 is 6.03 Å². The Labute approximate surface area is 142 Å². The molecule has 1 N–H and O–H groups in total. The Kier molecular flexibility index (Phi) is 5.68. The number of ether oxygens (including phenoxy) is 1. The number of halogens is 1. The second-order valence-electron chi connectivity index (χ2n) is 6.70. The molecule has 6 heteroatoms. The van der Waals surface area contributed by atoms with Gasteiger partial charge in [-0.3, -0.25) is 0 Å². The molecule has 24 heavy (non-hydrogen) atoms. The highest BCUT2D eigenvalue weighted by molar-refractivity contribution is 5.74. The summed E-state index contributed by atoms with van der Waals surface area (Å²) in [4.78, 5) is 16.8. The van der Waals surface area contributed by atoms with Crippen molar-refractivity contribution in [3.63, 3.8) is 0 Å². The average Bonchev–Trinajstić information content (AvgIpc) is 2.61. The van der Waals surface area contributed by atoms with E-state index in [0.29, 0.717) is 24.6 Å². The molecule has 2 bridgehead atoms. The lowest BCUT2D eigenvalue weighted by Gasteiger charge is -2.45. The predicted octanol–water partition coefficient (Wildman–Crippen LogP) is 2.08. The quantitative estimate of drug-likeness (QED) is 0.866. The molecule has 3 aliphatic heterocycles. The highest BCUT2D eigenvalue weighted by Crippen LogP contribution is 2.27. The van der Waals surface area contributed by atoms with Gasteiger partial charge < -0.3 is 19.9 Å². The lowest BCUT2D eigenvalue weighted by molar-refractivity contribution is 0.0711. The first-order chi connectivity index (χ1) is 11.7. The van der Waals surface area contributed by atoms with Crippen molar-refractivity contribution in [2.75, 3.05) is 39.9 Å². The van der Waals surface area contributed by atoms with Crippen molar-refractivity contribution in [1.29, 1.82) is 0 Å². The predicted molar refractivity (Wildman–Crippen MR) is 90.2 cm³/mol. The molecule has 3 heterocycles. The van der Waals surface area contributed by atoms with Crippen LogP contribution in [0.25, 0.3) is 0 Å². The fourth-order valence-corrected chi connectivity index (χ4v) is 3.66. The fourth-order valence-electron chi connectivity index (χ4n) is 3.66. The van der Waals surface area contributed by atoms with Crippen LogP contribution in [0.1, 0.15) is 18.4 Å². The van der Waals surface area contributed by atoms with E-state index in [0.717, 1.165) is 32.5 Å². The van der Waals surface area contributed by atoms with Gasteiger partial charge in [-0.15, -0.1) is 0 Å². The number of piperidine rings is 3. The number of hydrogen-bond acceptors (Lipinski definition) is 3. The van der Waals surface area contributed by atoms with Crippen LogP contribution < -0.4 is 5.32 Å². The summed E-state index contributed by atoms with van der Waals surface area (Å²) in [5, 5.41) is 3.17. The number of fused-ring (bicyclic) bond motifs is 3. The van der Waals surface area contributed by atoms with Crippen molar-refractivity contribution in [3.8, 4) is 0 Å². The van der Waals surface area contributed by atoms with E-state index in [4.69, 9.17) is 4.74 Å². The summed E-state index contributed by atoms with van der Waals surface area (Å²) in [5.74, 6) is 0.284. The Bertz CT molecular complexity index is 561. The van der Waals surface area contributed by atoms with E-state index in [2.05, 4.69) is 10.2 Å². The Hall–Kier alpha value is -1.66. The van der Waals surface area contributed by atoms with Gasteiger partial charge in [0.15, 0.2) is 0 Å². The fraction of sp³-hybridized carbons (Fsp3) is 0.611. The van der Waals surface area contributed by atoms with Crippen LogP contribution in [0.4, 0.5) is 9.18 Å². The summed E-state index contributed by atoms with van der Waals surface area (Å²) in [7, 11) is 1.60. The van der Waals surface area contributed by atoms with Crippen molar-refractivity contribution < 1.29 is 13.9 Å². The summed E-state index contributed by atoms with van der Waals surface area (Å²) in [6.07, 6.45) is 2.30. The first kappa shape index (κ1) is 17.2. The van der Waals surface area contributed by atoms with Crippen molar-refractivity contribution >= 4 is 6.03 Å². The van der Waals surface area contributed by atoms with Gasteiger partial charge in [0, 0.05) is 31.8 Å². The molecule has 0 aromatic heterocycles. The zero-order valence-electron chi connectivity index (χ0n) is 14.2. The average molecular weight is 335 g/mol. The SMILES string of the molecule is COCCN(Cc1ccccc1F)C(=O)NC1CN2CCC1CC2. The van der Waals surface area contributed by atoms with Crippen LogP contribution in [0.3, 0.4) is 0 Å². The van der Waals surface area contributed by atoms with Crippen LogP contribution in [-0.2, 0) is 11.3 Å². The number of carbonyl (C=O) groups excluding carboxylic acids is 1. The molecule has 4 rings (SSSR count). The number of urea groups is 1. The molecule has 1 aromatic rings. The number of nitrogens with zero attached hydrogens (tertiary/aromatic N) is 2. The van der Waals surface area contributed by atoms with E-state index in [9.17, 15) is 9.18 Å².